The standard InChI is InChI=1S/C20H23FN2O4/c1-26-16-5-6-17(19(24)12-16)20(25)22-13-18(23-7-9-27-10-8-23)14-3-2-4-15(21)11-14/h2-6,11-12,18,24H,7-10,13H2,1H3,(H,22,25). The number of ether oxygens (including phenoxy) is 2. The quantitative estimate of drug-likeness (QED) is 0.812. The van der Waals surface area contributed by atoms with Crippen molar-refractivity contribution in [3.05, 3.63) is 59.4 Å². The van der Waals surface area contributed by atoms with Crippen LogP contribution in [-0.2, 0) is 4.74 Å². The number of morpholine rings is 1. The van der Waals surface area contributed by atoms with Crippen molar-refractivity contribution in [1.29, 1.82) is 0 Å². The van der Waals surface area contributed by atoms with E-state index in [1.807, 2.05) is 6.07 Å². The van der Waals surface area contributed by atoms with Gasteiger partial charge >= 0.3 is 0 Å². The summed E-state index contributed by atoms with van der Waals surface area (Å²) in [5.74, 6) is -0.398. The van der Waals surface area contributed by atoms with E-state index in [0.29, 0.717) is 32.1 Å². The summed E-state index contributed by atoms with van der Waals surface area (Å²) in [5, 5.41) is 12.9. The van der Waals surface area contributed by atoms with Gasteiger partial charge in [-0.2, -0.15) is 0 Å². The number of benzene rings is 2. The van der Waals surface area contributed by atoms with Crippen molar-refractivity contribution < 1.29 is 23.8 Å². The maximum absolute atomic E-state index is 13.7. The molecular weight excluding hydrogens is 351 g/mol. The summed E-state index contributed by atoms with van der Waals surface area (Å²) in [6.45, 7) is 2.88. The van der Waals surface area contributed by atoms with Crippen molar-refractivity contribution in [2.75, 3.05) is 40.0 Å². The van der Waals surface area contributed by atoms with Crippen LogP contribution in [0.4, 0.5) is 4.39 Å². The fourth-order valence-corrected chi connectivity index (χ4v) is 3.18. The van der Waals surface area contributed by atoms with Gasteiger partial charge in [-0.15, -0.1) is 0 Å². The van der Waals surface area contributed by atoms with E-state index in [0.717, 1.165) is 5.56 Å². The molecule has 1 heterocycles. The number of aromatic hydroxyl groups is 1. The zero-order chi connectivity index (χ0) is 19.2. The summed E-state index contributed by atoms with van der Waals surface area (Å²) < 4.78 is 24.1. The molecule has 1 aliphatic heterocycles. The third-order valence-electron chi connectivity index (χ3n) is 4.63. The third-order valence-corrected chi connectivity index (χ3v) is 4.63. The lowest BCUT2D eigenvalue weighted by Gasteiger charge is -2.35. The van der Waals surface area contributed by atoms with E-state index in [1.165, 1.54) is 31.4 Å². The van der Waals surface area contributed by atoms with Gasteiger partial charge in [0.2, 0.25) is 0 Å². The van der Waals surface area contributed by atoms with Crippen molar-refractivity contribution in [3.8, 4) is 11.5 Å². The summed E-state index contributed by atoms with van der Waals surface area (Å²) in [6, 6.07) is 10.7. The predicted molar refractivity (Wildman–Crippen MR) is 98.5 cm³/mol. The minimum absolute atomic E-state index is 0.152. The number of phenols is 1. The van der Waals surface area contributed by atoms with Gasteiger partial charge in [0.05, 0.1) is 31.9 Å². The number of hydrogen-bond acceptors (Lipinski definition) is 5. The molecule has 2 aromatic carbocycles. The Morgan fingerprint density at radius 1 is 1.30 bits per heavy atom. The highest BCUT2D eigenvalue weighted by atomic mass is 19.1. The second-order valence-electron chi connectivity index (χ2n) is 6.31. The minimum atomic E-state index is -0.398. The largest absolute Gasteiger partial charge is 0.507 e. The molecule has 1 unspecified atom stereocenters. The zero-order valence-electron chi connectivity index (χ0n) is 15.2. The van der Waals surface area contributed by atoms with E-state index >= 15 is 0 Å². The Morgan fingerprint density at radius 3 is 2.74 bits per heavy atom. The SMILES string of the molecule is COc1ccc(C(=O)NCC(c2cccc(F)c2)N2CCOCC2)c(O)c1. The molecule has 1 saturated heterocycles. The monoisotopic (exact) mass is 374 g/mol. The number of amides is 1. The smallest absolute Gasteiger partial charge is 0.255 e. The van der Waals surface area contributed by atoms with Gasteiger partial charge in [0.15, 0.2) is 0 Å². The molecule has 0 aromatic heterocycles. The van der Waals surface area contributed by atoms with Crippen molar-refractivity contribution in [3.63, 3.8) is 0 Å². The predicted octanol–water partition coefficient (Wildman–Crippen LogP) is 2.34. The molecule has 2 aromatic rings. The molecular formula is C20H23FN2O4. The van der Waals surface area contributed by atoms with Crippen molar-refractivity contribution >= 4 is 5.91 Å². The Kier molecular flexibility index (Phi) is 6.26. The first-order valence-electron chi connectivity index (χ1n) is 8.81. The third kappa shape index (κ3) is 4.75. The van der Waals surface area contributed by atoms with Crippen LogP contribution in [0.1, 0.15) is 22.0 Å². The first-order chi connectivity index (χ1) is 13.1. The fraction of sp³-hybridized carbons (Fsp3) is 0.350. The van der Waals surface area contributed by atoms with Gasteiger partial charge in [-0.3, -0.25) is 9.69 Å². The van der Waals surface area contributed by atoms with Crippen LogP contribution in [0.15, 0.2) is 42.5 Å². The number of nitrogens with zero attached hydrogens (tertiary/aromatic N) is 1. The molecule has 7 heteroatoms. The van der Waals surface area contributed by atoms with Crippen LogP contribution in [0.5, 0.6) is 11.5 Å². The molecule has 0 bridgehead atoms. The van der Waals surface area contributed by atoms with Gasteiger partial charge in [0.25, 0.3) is 5.91 Å². The molecule has 6 nitrogen and oxygen atoms in total. The second-order valence-corrected chi connectivity index (χ2v) is 6.31. The van der Waals surface area contributed by atoms with Gasteiger partial charge in [-0.25, -0.2) is 4.39 Å². The van der Waals surface area contributed by atoms with Gasteiger partial charge in [0.1, 0.15) is 17.3 Å². The topological polar surface area (TPSA) is 71.0 Å². The lowest BCUT2D eigenvalue weighted by Crippen LogP contribution is -2.43. The highest BCUT2D eigenvalue weighted by Crippen LogP contribution is 2.25. The average molecular weight is 374 g/mol. The summed E-state index contributed by atoms with van der Waals surface area (Å²) in [5.41, 5.74) is 0.951. The molecule has 1 amide bonds. The molecule has 1 aliphatic rings. The number of halogens is 1. The molecule has 2 N–H and O–H groups in total. The van der Waals surface area contributed by atoms with Crippen LogP contribution in [0.2, 0.25) is 0 Å². The number of carbonyl (C=O) groups excluding carboxylic acids is 1. The Bertz CT molecular complexity index is 793. The Hall–Kier alpha value is -2.64. The summed E-state index contributed by atoms with van der Waals surface area (Å²) in [4.78, 5) is 14.7. The van der Waals surface area contributed by atoms with Gasteiger partial charge in [0, 0.05) is 25.7 Å². The van der Waals surface area contributed by atoms with E-state index in [2.05, 4.69) is 10.2 Å². The number of nitrogens with one attached hydrogen (secondary N) is 1. The Labute approximate surface area is 157 Å². The second kappa shape index (κ2) is 8.83. The summed E-state index contributed by atoms with van der Waals surface area (Å²) >= 11 is 0. The molecule has 1 atom stereocenters. The lowest BCUT2D eigenvalue weighted by atomic mass is 10.0. The fourth-order valence-electron chi connectivity index (χ4n) is 3.18. The average Bonchev–Trinajstić information content (AvgIpc) is 2.68. The molecule has 27 heavy (non-hydrogen) atoms. The molecule has 0 spiro atoms. The molecule has 1 fully saturated rings. The first kappa shape index (κ1) is 19.1. The maximum atomic E-state index is 13.7. The Morgan fingerprint density at radius 2 is 2.07 bits per heavy atom. The highest BCUT2D eigenvalue weighted by Gasteiger charge is 2.24. The van der Waals surface area contributed by atoms with E-state index < -0.39 is 5.91 Å². The maximum Gasteiger partial charge on any atom is 0.255 e. The van der Waals surface area contributed by atoms with Crippen LogP contribution in [0, 0.1) is 5.82 Å². The van der Waals surface area contributed by atoms with E-state index in [9.17, 15) is 14.3 Å². The zero-order valence-corrected chi connectivity index (χ0v) is 15.2. The normalized spacial score (nSPS) is 15.9. The van der Waals surface area contributed by atoms with Crippen LogP contribution in [-0.4, -0.2) is 55.9 Å². The van der Waals surface area contributed by atoms with E-state index in [4.69, 9.17) is 9.47 Å². The van der Waals surface area contributed by atoms with E-state index in [1.54, 1.807) is 12.1 Å². The van der Waals surface area contributed by atoms with Crippen LogP contribution in [0.25, 0.3) is 0 Å². The van der Waals surface area contributed by atoms with Crippen LogP contribution < -0.4 is 10.1 Å². The highest BCUT2D eigenvalue weighted by molar-refractivity contribution is 5.97. The van der Waals surface area contributed by atoms with Crippen LogP contribution in [0.3, 0.4) is 0 Å². The number of phenolic OH excluding ortho intramolecular Hbond substituents is 1. The van der Waals surface area contributed by atoms with Crippen molar-refractivity contribution in [1.82, 2.24) is 10.2 Å². The van der Waals surface area contributed by atoms with Crippen LogP contribution >= 0.6 is 0 Å². The molecule has 0 aliphatic carbocycles. The van der Waals surface area contributed by atoms with Crippen molar-refractivity contribution in [2.24, 2.45) is 0 Å². The van der Waals surface area contributed by atoms with Gasteiger partial charge < -0.3 is 19.9 Å². The minimum Gasteiger partial charge on any atom is -0.507 e. The number of hydrogen-bond donors (Lipinski definition) is 2. The molecule has 144 valence electrons. The van der Waals surface area contributed by atoms with Crippen molar-refractivity contribution in [2.45, 2.75) is 6.04 Å². The summed E-state index contributed by atoms with van der Waals surface area (Å²) in [6.07, 6.45) is 0. The van der Waals surface area contributed by atoms with Gasteiger partial charge in [-0.1, -0.05) is 12.1 Å². The number of carbonyl (C=O) groups is 1. The summed E-state index contributed by atoms with van der Waals surface area (Å²) in [7, 11) is 1.49. The number of rotatable bonds is 6. The first-order valence-corrected chi connectivity index (χ1v) is 8.81. The van der Waals surface area contributed by atoms with E-state index in [-0.39, 0.29) is 29.7 Å². The molecule has 0 radical (unpaired) electrons. The Balaban J connectivity index is 1.75. The number of methoxy groups -OCH3 is 1. The molecule has 0 saturated carbocycles. The lowest BCUT2D eigenvalue weighted by molar-refractivity contribution is 0.0162. The van der Waals surface area contributed by atoms with Gasteiger partial charge in [-0.05, 0) is 29.8 Å². The molecule has 3 rings (SSSR count).